The van der Waals surface area contributed by atoms with Crippen LogP contribution in [0.15, 0.2) is 58.0 Å². The second kappa shape index (κ2) is 6.18. The van der Waals surface area contributed by atoms with Gasteiger partial charge in [-0.2, -0.15) is 4.99 Å². The van der Waals surface area contributed by atoms with Crippen molar-refractivity contribution in [3.8, 4) is 0 Å². The van der Waals surface area contributed by atoms with Gasteiger partial charge in [0, 0.05) is 30.2 Å². The molecule has 1 aliphatic heterocycles. The predicted octanol–water partition coefficient (Wildman–Crippen LogP) is 3.93. The fourth-order valence-corrected chi connectivity index (χ4v) is 3.87. The number of likely N-dealkylation sites (N-methyl/N-ethyl adjacent to an activating group) is 1. The highest BCUT2D eigenvalue weighted by Crippen LogP contribution is 2.33. The van der Waals surface area contributed by atoms with E-state index in [0.29, 0.717) is 15.2 Å². The second-order valence-electron chi connectivity index (χ2n) is 5.14. The van der Waals surface area contributed by atoms with E-state index in [1.807, 2.05) is 41.8 Å². The van der Waals surface area contributed by atoms with Crippen molar-refractivity contribution >= 4 is 56.3 Å². The van der Waals surface area contributed by atoms with Gasteiger partial charge in [0.05, 0.1) is 10.4 Å². The third kappa shape index (κ3) is 2.83. The molecule has 0 bridgehead atoms. The van der Waals surface area contributed by atoms with E-state index >= 15 is 0 Å². The van der Waals surface area contributed by atoms with Gasteiger partial charge in [0.25, 0.3) is 5.91 Å². The number of pyridine rings is 1. The van der Waals surface area contributed by atoms with Gasteiger partial charge in [0.15, 0.2) is 5.17 Å². The Balaban J connectivity index is 1.67. The highest BCUT2D eigenvalue weighted by molar-refractivity contribution is 8.18. The number of aliphatic imine (C=N–C) groups is 1. The Morgan fingerprint density at radius 3 is 2.96 bits per heavy atom. The smallest absolute Gasteiger partial charge is 0.266 e. The maximum atomic E-state index is 12.4. The Hall–Kier alpha value is -2.51. The molecule has 3 heterocycles. The van der Waals surface area contributed by atoms with Crippen molar-refractivity contribution in [2.45, 2.75) is 0 Å². The van der Waals surface area contributed by atoms with E-state index in [-0.39, 0.29) is 5.91 Å². The first-order valence-corrected chi connectivity index (χ1v) is 8.91. The summed E-state index contributed by atoms with van der Waals surface area (Å²) in [4.78, 5) is 27.5. The molecule has 0 N–H and O–H groups in total. The van der Waals surface area contributed by atoms with Crippen LogP contribution in [0.25, 0.3) is 17.0 Å². The van der Waals surface area contributed by atoms with Crippen LogP contribution >= 0.6 is 23.1 Å². The summed E-state index contributed by atoms with van der Waals surface area (Å²) in [6, 6.07) is 9.86. The quantitative estimate of drug-likeness (QED) is 0.656. The first kappa shape index (κ1) is 15.0. The molecule has 24 heavy (non-hydrogen) atoms. The average molecular weight is 352 g/mol. The lowest BCUT2D eigenvalue weighted by atomic mass is 10.1. The number of amides is 1. The van der Waals surface area contributed by atoms with Gasteiger partial charge in [-0.3, -0.25) is 14.7 Å². The van der Waals surface area contributed by atoms with Crippen molar-refractivity contribution in [1.29, 1.82) is 0 Å². The minimum Gasteiger partial charge on any atom is -0.289 e. The molecule has 1 aliphatic rings. The lowest BCUT2D eigenvalue weighted by Crippen LogP contribution is -2.23. The third-order valence-electron chi connectivity index (χ3n) is 3.54. The Bertz CT molecular complexity index is 979. The normalized spacial score (nSPS) is 18.2. The lowest BCUT2D eigenvalue weighted by molar-refractivity contribution is -0.121. The largest absolute Gasteiger partial charge is 0.289 e. The molecule has 0 unspecified atom stereocenters. The first-order valence-electron chi connectivity index (χ1n) is 7.21. The van der Waals surface area contributed by atoms with Crippen LogP contribution in [0.4, 0.5) is 5.13 Å². The molecule has 0 saturated carbocycles. The van der Waals surface area contributed by atoms with Crippen molar-refractivity contribution in [3.05, 3.63) is 58.6 Å². The number of thiazole rings is 1. The molecule has 1 fully saturated rings. The maximum absolute atomic E-state index is 12.4. The summed E-state index contributed by atoms with van der Waals surface area (Å²) < 4.78 is 0. The van der Waals surface area contributed by atoms with Crippen molar-refractivity contribution in [1.82, 2.24) is 14.9 Å². The SMILES string of the molecule is CN1C(=O)/C(=C/c2ccc3ncccc3c2)SC1=Nc1nccs1. The number of benzene rings is 1. The molecule has 7 heteroatoms. The summed E-state index contributed by atoms with van der Waals surface area (Å²) in [5.74, 6) is -0.0541. The van der Waals surface area contributed by atoms with Crippen LogP contribution in [0, 0.1) is 0 Å². The zero-order valence-corrected chi connectivity index (χ0v) is 14.3. The van der Waals surface area contributed by atoms with Crippen molar-refractivity contribution in [2.75, 3.05) is 7.05 Å². The molecule has 1 amide bonds. The van der Waals surface area contributed by atoms with Crippen molar-refractivity contribution in [3.63, 3.8) is 0 Å². The monoisotopic (exact) mass is 352 g/mol. The van der Waals surface area contributed by atoms with Crippen molar-refractivity contribution in [2.24, 2.45) is 4.99 Å². The summed E-state index contributed by atoms with van der Waals surface area (Å²) >= 11 is 2.81. The predicted molar refractivity (Wildman–Crippen MR) is 99.3 cm³/mol. The number of aromatic nitrogens is 2. The highest BCUT2D eigenvalue weighted by atomic mass is 32.2. The Morgan fingerprint density at radius 2 is 2.12 bits per heavy atom. The number of thioether (sulfide) groups is 1. The van der Waals surface area contributed by atoms with Gasteiger partial charge in [0.2, 0.25) is 5.13 Å². The van der Waals surface area contributed by atoms with Gasteiger partial charge in [-0.25, -0.2) is 4.98 Å². The van der Waals surface area contributed by atoms with E-state index in [9.17, 15) is 4.79 Å². The van der Waals surface area contributed by atoms with E-state index < -0.39 is 0 Å². The van der Waals surface area contributed by atoms with Gasteiger partial charge in [0.1, 0.15) is 0 Å². The number of amidine groups is 1. The fraction of sp³-hybridized carbons (Fsp3) is 0.0588. The number of rotatable bonds is 2. The van der Waals surface area contributed by atoms with Crippen LogP contribution in [-0.2, 0) is 4.79 Å². The molecule has 4 rings (SSSR count). The zero-order valence-electron chi connectivity index (χ0n) is 12.7. The summed E-state index contributed by atoms with van der Waals surface area (Å²) in [5.41, 5.74) is 1.91. The van der Waals surface area contributed by atoms with Crippen LogP contribution in [0.2, 0.25) is 0 Å². The number of hydrogen-bond acceptors (Lipinski definition) is 6. The highest BCUT2D eigenvalue weighted by Gasteiger charge is 2.30. The number of fused-ring (bicyclic) bond motifs is 1. The topological polar surface area (TPSA) is 58.5 Å². The van der Waals surface area contributed by atoms with E-state index in [1.165, 1.54) is 23.1 Å². The number of carbonyl (C=O) groups excluding carboxylic acids is 1. The van der Waals surface area contributed by atoms with E-state index in [1.54, 1.807) is 24.3 Å². The Kier molecular flexibility index (Phi) is 3.87. The number of hydrogen-bond donors (Lipinski definition) is 0. The number of carbonyl (C=O) groups is 1. The van der Waals surface area contributed by atoms with Crippen LogP contribution in [0.3, 0.4) is 0 Å². The summed E-state index contributed by atoms with van der Waals surface area (Å²) in [6.45, 7) is 0. The summed E-state index contributed by atoms with van der Waals surface area (Å²) in [5, 5.41) is 4.20. The van der Waals surface area contributed by atoms with Crippen molar-refractivity contribution < 1.29 is 4.79 Å². The number of nitrogens with zero attached hydrogens (tertiary/aromatic N) is 4. The molecule has 0 spiro atoms. The molecular weight excluding hydrogens is 340 g/mol. The minimum atomic E-state index is -0.0541. The molecule has 118 valence electrons. The summed E-state index contributed by atoms with van der Waals surface area (Å²) in [7, 11) is 1.73. The van der Waals surface area contributed by atoms with Gasteiger partial charge in [-0.05, 0) is 41.6 Å². The van der Waals surface area contributed by atoms with Crippen LogP contribution in [-0.4, -0.2) is 33.0 Å². The molecular formula is C17H12N4OS2. The molecule has 0 atom stereocenters. The molecule has 1 saturated heterocycles. The molecule has 5 nitrogen and oxygen atoms in total. The summed E-state index contributed by atoms with van der Waals surface area (Å²) in [6.07, 6.45) is 5.36. The van der Waals surface area contributed by atoms with E-state index in [0.717, 1.165) is 16.5 Å². The second-order valence-corrected chi connectivity index (χ2v) is 7.02. The van der Waals surface area contributed by atoms with Gasteiger partial charge < -0.3 is 0 Å². The molecule has 3 aromatic rings. The van der Waals surface area contributed by atoms with Gasteiger partial charge in [-0.15, -0.1) is 11.3 Å². The standard InChI is InChI=1S/C17H12N4OS2/c1-21-15(22)14(24-17(21)20-16-19-7-8-23-16)10-11-4-5-13-12(9-11)3-2-6-18-13/h2-10H,1H3/b14-10-,20-17?. The van der Waals surface area contributed by atoms with Gasteiger partial charge in [-0.1, -0.05) is 12.1 Å². The van der Waals surface area contributed by atoms with Gasteiger partial charge >= 0.3 is 0 Å². The van der Waals surface area contributed by atoms with Crippen LogP contribution in [0.5, 0.6) is 0 Å². The fourth-order valence-electron chi connectivity index (χ4n) is 2.34. The minimum absolute atomic E-state index is 0.0541. The molecule has 0 aliphatic carbocycles. The zero-order chi connectivity index (χ0) is 16.5. The van der Waals surface area contributed by atoms with Crippen LogP contribution in [0.1, 0.15) is 5.56 Å². The first-order chi connectivity index (χ1) is 11.7. The molecule has 1 aromatic carbocycles. The molecule has 2 aromatic heterocycles. The Morgan fingerprint density at radius 1 is 1.21 bits per heavy atom. The van der Waals surface area contributed by atoms with E-state index in [4.69, 9.17) is 0 Å². The third-order valence-corrected chi connectivity index (χ3v) is 5.26. The average Bonchev–Trinajstić information content (AvgIpc) is 3.20. The maximum Gasteiger partial charge on any atom is 0.266 e. The Labute approximate surface area is 146 Å². The lowest BCUT2D eigenvalue weighted by Gasteiger charge is -2.05. The van der Waals surface area contributed by atoms with E-state index in [2.05, 4.69) is 15.0 Å². The van der Waals surface area contributed by atoms with Crippen LogP contribution < -0.4 is 0 Å². The molecule has 0 radical (unpaired) electrons.